The SMILES string of the molecule is CN1C(=O)NC2(CCN(C(=O)c3ccc(Cl)c(N4CCCCC4)c3)CC2)C1=O. The quantitative estimate of drug-likeness (QED) is 0.768. The summed E-state index contributed by atoms with van der Waals surface area (Å²) >= 11 is 6.40. The molecular weight excluding hydrogens is 380 g/mol. The zero-order valence-corrected chi connectivity index (χ0v) is 16.8. The van der Waals surface area contributed by atoms with Crippen molar-refractivity contribution in [1.29, 1.82) is 0 Å². The summed E-state index contributed by atoms with van der Waals surface area (Å²) in [6.07, 6.45) is 4.36. The molecule has 28 heavy (non-hydrogen) atoms. The summed E-state index contributed by atoms with van der Waals surface area (Å²) < 4.78 is 0. The van der Waals surface area contributed by atoms with Crippen LogP contribution in [0.3, 0.4) is 0 Å². The first-order valence-electron chi connectivity index (χ1n) is 9.85. The average molecular weight is 405 g/mol. The Bertz CT molecular complexity index is 814. The first-order valence-corrected chi connectivity index (χ1v) is 10.2. The first kappa shape index (κ1) is 19.1. The Morgan fingerprint density at radius 2 is 1.75 bits per heavy atom. The van der Waals surface area contributed by atoms with Gasteiger partial charge in [-0.15, -0.1) is 0 Å². The smallest absolute Gasteiger partial charge is 0.324 e. The summed E-state index contributed by atoms with van der Waals surface area (Å²) in [5.74, 6) is -0.265. The van der Waals surface area contributed by atoms with Gasteiger partial charge in [-0.25, -0.2) is 4.79 Å². The molecule has 3 saturated heterocycles. The van der Waals surface area contributed by atoms with Crippen molar-refractivity contribution in [3.05, 3.63) is 28.8 Å². The van der Waals surface area contributed by atoms with E-state index in [1.54, 1.807) is 17.0 Å². The highest BCUT2D eigenvalue weighted by Gasteiger charge is 2.51. The van der Waals surface area contributed by atoms with Gasteiger partial charge in [-0.1, -0.05) is 11.6 Å². The largest absolute Gasteiger partial charge is 0.370 e. The van der Waals surface area contributed by atoms with Crippen molar-refractivity contribution in [2.24, 2.45) is 0 Å². The van der Waals surface area contributed by atoms with Crippen molar-refractivity contribution in [3.8, 4) is 0 Å². The molecule has 0 bridgehead atoms. The van der Waals surface area contributed by atoms with Crippen molar-refractivity contribution in [2.45, 2.75) is 37.6 Å². The van der Waals surface area contributed by atoms with Crippen LogP contribution in [0.2, 0.25) is 5.02 Å². The zero-order valence-electron chi connectivity index (χ0n) is 16.0. The van der Waals surface area contributed by atoms with Gasteiger partial charge in [-0.3, -0.25) is 14.5 Å². The molecule has 3 fully saturated rings. The molecule has 4 rings (SSSR count). The molecule has 1 N–H and O–H groups in total. The molecule has 8 heteroatoms. The number of imide groups is 1. The van der Waals surface area contributed by atoms with E-state index in [0.717, 1.165) is 36.5 Å². The predicted octanol–water partition coefficient (Wildman–Crippen LogP) is 2.49. The monoisotopic (exact) mass is 404 g/mol. The van der Waals surface area contributed by atoms with Crippen molar-refractivity contribution >= 4 is 35.1 Å². The molecule has 0 saturated carbocycles. The van der Waals surface area contributed by atoms with E-state index in [4.69, 9.17) is 11.6 Å². The summed E-state index contributed by atoms with van der Waals surface area (Å²) in [6, 6.07) is 5.07. The second kappa shape index (κ2) is 7.28. The van der Waals surface area contributed by atoms with Crippen LogP contribution in [-0.2, 0) is 4.79 Å². The van der Waals surface area contributed by atoms with E-state index in [9.17, 15) is 14.4 Å². The minimum Gasteiger partial charge on any atom is -0.370 e. The molecule has 1 aromatic rings. The number of likely N-dealkylation sites (tertiary alicyclic amines) is 1. The number of rotatable bonds is 2. The van der Waals surface area contributed by atoms with Gasteiger partial charge in [0.2, 0.25) is 0 Å². The van der Waals surface area contributed by atoms with Crippen LogP contribution in [-0.4, -0.2) is 66.4 Å². The van der Waals surface area contributed by atoms with E-state index in [1.165, 1.54) is 13.5 Å². The van der Waals surface area contributed by atoms with Gasteiger partial charge in [0.05, 0.1) is 10.7 Å². The Morgan fingerprint density at radius 3 is 2.36 bits per heavy atom. The first-order chi connectivity index (χ1) is 13.4. The molecule has 0 unspecified atom stereocenters. The predicted molar refractivity (Wildman–Crippen MR) is 107 cm³/mol. The Hall–Kier alpha value is -2.28. The molecule has 3 heterocycles. The van der Waals surface area contributed by atoms with Crippen molar-refractivity contribution in [3.63, 3.8) is 0 Å². The Balaban J connectivity index is 1.47. The molecule has 3 aliphatic heterocycles. The summed E-state index contributed by atoms with van der Waals surface area (Å²) in [5.41, 5.74) is 0.669. The molecule has 7 nitrogen and oxygen atoms in total. The van der Waals surface area contributed by atoms with Gasteiger partial charge in [-0.05, 0) is 50.3 Å². The molecule has 0 atom stereocenters. The fourth-order valence-electron chi connectivity index (χ4n) is 4.39. The van der Waals surface area contributed by atoms with Crippen LogP contribution in [0.25, 0.3) is 0 Å². The third-order valence-corrected chi connectivity index (χ3v) is 6.48. The highest BCUT2D eigenvalue weighted by Crippen LogP contribution is 2.32. The molecule has 3 aliphatic rings. The topological polar surface area (TPSA) is 73.0 Å². The second-order valence-electron chi connectivity index (χ2n) is 7.88. The number of benzene rings is 1. The molecular formula is C20H25ClN4O3. The zero-order chi connectivity index (χ0) is 19.9. The molecule has 0 aliphatic carbocycles. The molecule has 0 aromatic heterocycles. The van der Waals surface area contributed by atoms with E-state index in [0.29, 0.717) is 36.5 Å². The van der Waals surface area contributed by atoms with E-state index in [2.05, 4.69) is 10.2 Å². The van der Waals surface area contributed by atoms with Crippen LogP contribution in [0, 0.1) is 0 Å². The number of nitrogens with zero attached hydrogens (tertiary/aromatic N) is 3. The molecule has 1 aromatic carbocycles. The second-order valence-corrected chi connectivity index (χ2v) is 8.29. The molecule has 1 spiro atoms. The van der Waals surface area contributed by atoms with Gasteiger partial charge in [0.25, 0.3) is 11.8 Å². The standard InChI is InChI=1S/C20H25ClN4O3/c1-23-18(27)20(22-19(23)28)7-11-25(12-8-20)17(26)14-5-6-15(21)16(13-14)24-9-3-2-4-10-24/h5-6,13H,2-4,7-12H2,1H3,(H,22,28). The lowest BCUT2D eigenvalue weighted by Gasteiger charge is -2.37. The number of piperidine rings is 2. The normalized spacial score (nSPS) is 22.0. The maximum atomic E-state index is 13.0. The van der Waals surface area contributed by atoms with E-state index in [-0.39, 0.29) is 17.8 Å². The number of anilines is 1. The Kier molecular flexibility index (Phi) is 4.95. The van der Waals surface area contributed by atoms with Crippen LogP contribution in [0.1, 0.15) is 42.5 Å². The van der Waals surface area contributed by atoms with Crippen molar-refractivity contribution < 1.29 is 14.4 Å². The van der Waals surface area contributed by atoms with Gasteiger partial charge in [0.1, 0.15) is 5.54 Å². The number of hydrogen-bond donors (Lipinski definition) is 1. The van der Waals surface area contributed by atoms with Gasteiger partial charge in [0, 0.05) is 38.8 Å². The number of urea groups is 1. The third kappa shape index (κ3) is 3.21. The number of likely N-dealkylation sites (N-methyl/N-ethyl adjacent to an activating group) is 1. The number of amides is 4. The fraction of sp³-hybridized carbons (Fsp3) is 0.550. The summed E-state index contributed by atoms with van der Waals surface area (Å²) in [6.45, 7) is 2.78. The van der Waals surface area contributed by atoms with E-state index >= 15 is 0 Å². The van der Waals surface area contributed by atoms with Gasteiger partial charge in [0.15, 0.2) is 0 Å². The lowest BCUT2D eigenvalue weighted by Crippen LogP contribution is -2.55. The van der Waals surface area contributed by atoms with Crippen LogP contribution in [0.4, 0.5) is 10.5 Å². The fourth-order valence-corrected chi connectivity index (χ4v) is 4.63. The minimum absolute atomic E-state index is 0.0603. The lowest BCUT2D eigenvalue weighted by molar-refractivity contribution is -0.131. The molecule has 0 radical (unpaired) electrons. The van der Waals surface area contributed by atoms with Crippen LogP contribution in [0.15, 0.2) is 18.2 Å². The number of carbonyl (C=O) groups is 3. The highest BCUT2D eigenvalue weighted by molar-refractivity contribution is 6.33. The third-order valence-electron chi connectivity index (χ3n) is 6.16. The van der Waals surface area contributed by atoms with Gasteiger partial charge in [-0.2, -0.15) is 0 Å². The molecule has 4 amide bonds. The summed E-state index contributed by atoms with van der Waals surface area (Å²) in [7, 11) is 1.49. The summed E-state index contributed by atoms with van der Waals surface area (Å²) in [4.78, 5) is 42.4. The maximum absolute atomic E-state index is 13.0. The Labute approximate surface area is 169 Å². The van der Waals surface area contributed by atoms with Crippen LogP contribution >= 0.6 is 11.6 Å². The maximum Gasteiger partial charge on any atom is 0.324 e. The van der Waals surface area contributed by atoms with Crippen LogP contribution < -0.4 is 10.2 Å². The highest BCUT2D eigenvalue weighted by atomic mass is 35.5. The number of carbonyl (C=O) groups excluding carboxylic acids is 3. The average Bonchev–Trinajstić information content (AvgIpc) is 2.93. The minimum atomic E-state index is -0.860. The van der Waals surface area contributed by atoms with Gasteiger partial charge < -0.3 is 15.1 Å². The number of halogens is 1. The molecule has 150 valence electrons. The van der Waals surface area contributed by atoms with Crippen molar-refractivity contribution in [1.82, 2.24) is 15.1 Å². The number of hydrogen-bond acceptors (Lipinski definition) is 4. The van der Waals surface area contributed by atoms with E-state index < -0.39 is 5.54 Å². The van der Waals surface area contributed by atoms with E-state index in [1.807, 2.05) is 6.07 Å². The van der Waals surface area contributed by atoms with Crippen molar-refractivity contribution in [2.75, 3.05) is 38.1 Å². The van der Waals surface area contributed by atoms with Crippen LogP contribution in [0.5, 0.6) is 0 Å². The lowest BCUT2D eigenvalue weighted by atomic mass is 9.87. The van der Waals surface area contributed by atoms with Gasteiger partial charge >= 0.3 is 6.03 Å². The summed E-state index contributed by atoms with van der Waals surface area (Å²) in [5, 5.41) is 3.47. The Morgan fingerprint density at radius 1 is 1.07 bits per heavy atom. The number of nitrogens with one attached hydrogen (secondary N) is 1.